The minimum atomic E-state index is -0.956. The Labute approximate surface area is 223 Å². The zero-order valence-corrected chi connectivity index (χ0v) is 22.4. The van der Waals surface area contributed by atoms with Gasteiger partial charge in [0.05, 0.1) is 43.2 Å². The summed E-state index contributed by atoms with van der Waals surface area (Å²) in [6, 6.07) is 14.9. The van der Waals surface area contributed by atoms with Gasteiger partial charge >= 0.3 is 5.91 Å². The highest BCUT2D eigenvalue weighted by molar-refractivity contribution is 7.22. The summed E-state index contributed by atoms with van der Waals surface area (Å²) in [5.41, 5.74) is 3.65. The number of fused-ring (bicyclic) bond motifs is 1. The van der Waals surface area contributed by atoms with Crippen LogP contribution in [0.15, 0.2) is 60.2 Å². The van der Waals surface area contributed by atoms with Gasteiger partial charge in [0.2, 0.25) is 0 Å². The fourth-order valence-corrected chi connectivity index (χ4v) is 5.92. The van der Waals surface area contributed by atoms with Crippen molar-refractivity contribution in [2.24, 2.45) is 0 Å². The lowest BCUT2D eigenvalue weighted by Gasteiger charge is -2.23. The number of aromatic nitrogens is 1. The molecule has 2 heterocycles. The molecule has 194 valence electrons. The lowest BCUT2D eigenvalue weighted by molar-refractivity contribution is -0.132. The number of carbonyl (C=O) groups is 2. The smallest absolute Gasteiger partial charge is 0.301 e. The number of Topliss-reactive ketones (excluding diaryl/α,β-unsaturated/α-hetero) is 1. The van der Waals surface area contributed by atoms with Gasteiger partial charge in [-0.2, -0.15) is 0 Å². The van der Waals surface area contributed by atoms with Gasteiger partial charge in [0.1, 0.15) is 11.5 Å². The van der Waals surface area contributed by atoms with Crippen molar-refractivity contribution >= 4 is 44.1 Å². The Morgan fingerprint density at radius 2 is 1.71 bits per heavy atom. The van der Waals surface area contributed by atoms with Crippen molar-refractivity contribution in [3.63, 3.8) is 0 Å². The van der Waals surface area contributed by atoms with E-state index < -0.39 is 17.7 Å². The molecule has 4 aromatic rings. The van der Waals surface area contributed by atoms with Crippen LogP contribution in [0.4, 0.5) is 5.13 Å². The third kappa shape index (κ3) is 4.14. The van der Waals surface area contributed by atoms with E-state index in [0.717, 1.165) is 21.3 Å². The summed E-state index contributed by atoms with van der Waals surface area (Å²) in [4.78, 5) is 33.2. The second kappa shape index (κ2) is 9.83. The van der Waals surface area contributed by atoms with Crippen molar-refractivity contribution in [1.29, 1.82) is 0 Å². The first-order chi connectivity index (χ1) is 18.3. The number of benzene rings is 3. The van der Waals surface area contributed by atoms with Gasteiger partial charge in [-0.1, -0.05) is 35.6 Å². The van der Waals surface area contributed by atoms with E-state index in [2.05, 4.69) is 0 Å². The highest BCUT2D eigenvalue weighted by Crippen LogP contribution is 2.46. The van der Waals surface area contributed by atoms with Gasteiger partial charge in [-0.3, -0.25) is 14.5 Å². The van der Waals surface area contributed by atoms with Crippen molar-refractivity contribution in [3.05, 3.63) is 82.4 Å². The number of amides is 1. The lowest BCUT2D eigenvalue weighted by Crippen LogP contribution is -2.29. The summed E-state index contributed by atoms with van der Waals surface area (Å²) in [6.07, 6.45) is 0. The highest BCUT2D eigenvalue weighted by atomic mass is 32.1. The van der Waals surface area contributed by atoms with Gasteiger partial charge in [-0.05, 0) is 60.9 Å². The molecule has 0 spiro atoms. The number of thiazole rings is 1. The Morgan fingerprint density at radius 3 is 2.42 bits per heavy atom. The van der Waals surface area contributed by atoms with E-state index in [9.17, 15) is 14.7 Å². The van der Waals surface area contributed by atoms with Gasteiger partial charge in [0.25, 0.3) is 5.78 Å². The Hall–Kier alpha value is -4.37. The number of anilines is 1. The molecule has 1 aliphatic rings. The monoisotopic (exact) mass is 530 g/mol. The molecule has 8 nitrogen and oxygen atoms in total. The molecule has 1 aromatic heterocycles. The number of ether oxygens (including phenoxy) is 3. The van der Waals surface area contributed by atoms with Gasteiger partial charge in [0, 0.05) is 5.56 Å². The molecule has 1 saturated heterocycles. The van der Waals surface area contributed by atoms with Crippen molar-refractivity contribution in [2.75, 3.05) is 26.2 Å². The van der Waals surface area contributed by atoms with Crippen LogP contribution in [0.5, 0.6) is 17.2 Å². The Kier molecular flexibility index (Phi) is 6.54. The van der Waals surface area contributed by atoms with Crippen LogP contribution in [-0.4, -0.2) is 43.1 Å². The molecule has 0 bridgehead atoms. The van der Waals surface area contributed by atoms with Crippen molar-refractivity contribution in [2.45, 2.75) is 19.9 Å². The standard InChI is InChI=1S/C29H26N2O6S/c1-15-11-16(2)24-22(12-15)38-29(30-24)31-25(17-9-10-20(36-4)21(14-17)37-5)23(27(33)28(31)34)26(32)18-7-6-8-19(13-18)35-3/h6-14,25,32H,1-5H3/t25-/m1/s1. The summed E-state index contributed by atoms with van der Waals surface area (Å²) in [7, 11) is 4.55. The summed E-state index contributed by atoms with van der Waals surface area (Å²) < 4.78 is 17.1. The number of carbonyl (C=O) groups excluding carboxylic acids is 2. The molecular formula is C29H26N2O6S. The topological polar surface area (TPSA) is 98.2 Å². The molecule has 38 heavy (non-hydrogen) atoms. The van der Waals surface area contributed by atoms with Crippen LogP contribution in [0.2, 0.25) is 0 Å². The summed E-state index contributed by atoms with van der Waals surface area (Å²) in [6.45, 7) is 3.96. The van der Waals surface area contributed by atoms with Crippen LogP contribution < -0.4 is 19.1 Å². The quantitative estimate of drug-likeness (QED) is 0.198. The van der Waals surface area contributed by atoms with Crippen LogP contribution >= 0.6 is 11.3 Å². The molecule has 0 unspecified atom stereocenters. The largest absolute Gasteiger partial charge is 0.507 e. The Balaban J connectivity index is 1.76. The molecule has 0 saturated carbocycles. The van der Waals surface area contributed by atoms with Crippen LogP contribution in [0, 0.1) is 13.8 Å². The predicted octanol–water partition coefficient (Wildman–Crippen LogP) is 5.57. The maximum atomic E-state index is 13.6. The second-order valence-corrected chi connectivity index (χ2v) is 9.95. The minimum Gasteiger partial charge on any atom is -0.507 e. The van der Waals surface area contributed by atoms with Crippen LogP contribution in [0.1, 0.15) is 28.3 Å². The molecule has 3 aromatic carbocycles. The maximum absolute atomic E-state index is 13.6. The molecule has 9 heteroatoms. The number of aryl methyl sites for hydroxylation is 2. The number of ketones is 1. The Bertz CT molecular complexity index is 1620. The van der Waals surface area contributed by atoms with E-state index >= 15 is 0 Å². The zero-order valence-electron chi connectivity index (χ0n) is 21.6. The second-order valence-electron chi connectivity index (χ2n) is 8.94. The van der Waals surface area contributed by atoms with Crippen molar-refractivity contribution < 1.29 is 28.9 Å². The SMILES string of the molecule is COc1cccc(C(O)=C2C(=O)C(=O)N(c3nc4c(C)cc(C)cc4s3)[C@@H]2c2ccc(OC)c(OC)c2)c1. The van der Waals surface area contributed by atoms with Gasteiger partial charge in [0.15, 0.2) is 16.6 Å². The van der Waals surface area contributed by atoms with E-state index in [4.69, 9.17) is 19.2 Å². The third-order valence-electron chi connectivity index (χ3n) is 6.54. The van der Waals surface area contributed by atoms with Crippen molar-refractivity contribution in [3.8, 4) is 17.2 Å². The highest BCUT2D eigenvalue weighted by Gasteiger charge is 2.48. The molecule has 1 aliphatic heterocycles. The van der Waals surface area contributed by atoms with E-state index in [-0.39, 0.29) is 11.3 Å². The van der Waals surface area contributed by atoms with Gasteiger partial charge < -0.3 is 19.3 Å². The number of hydrogen-bond acceptors (Lipinski definition) is 8. The Morgan fingerprint density at radius 1 is 0.947 bits per heavy atom. The third-order valence-corrected chi connectivity index (χ3v) is 7.54. The molecule has 1 amide bonds. The molecule has 5 rings (SSSR count). The fourth-order valence-electron chi connectivity index (χ4n) is 4.76. The molecule has 1 atom stereocenters. The lowest BCUT2D eigenvalue weighted by atomic mass is 9.95. The van der Waals surface area contributed by atoms with E-state index in [1.807, 2.05) is 26.0 Å². The summed E-state index contributed by atoms with van der Waals surface area (Å²) >= 11 is 1.32. The van der Waals surface area contributed by atoms with E-state index in [1.165, 1.54) is 37.6 Å². The summed E-state index contributed by atoms with van der Waals surface area (Å²) in [5, 5.41) is 11.8. The van der Waals surface area contributed by atoms with Crippen LogP contribution in [0.25, 0.3) is 16.0 Å². The zero-order chi connectivity index (χ0) is 27.1. The number of aliphatic hydroxyl groups excluding tert-OH is 1. The first-order valence-corrected chi connectivity index (χ1v) is 12.6. The number of rotatable bonds is 6. The van der Waals surface area contributed by atoms with Crippen LogP contribution in [0.3, 0.4) is 0 Å². The molecule has 1 N–H and O–H groups in total. The van der Waals surface area contributed by atoms with Crippen LogP contribution in [-0.2, 0) is 9.59 Å². The first kappa shape index (κ1) is 25.3. The molecule has 0 radical (unpaired) electrons. The average Bonchev–Trinajstić information content (AvgIpc) is 3.46. The summed E-state index contributed by atoms with van der Waals surface area (Å²) in [5.74, 6) is -0.472. The van der Waals surface area contributed by atoms with E-state index in [0.29, 0.717) is 33.5 Å². The van der Waals surface area contributed by atoms with Gasteiger partial charge in [-0.25, -0.2) is 4.98 Å². The number of methoxy groups -OCH3 is 3. The van der Waals surface area contributed by atoms with E-state index in [1.54, 1.807) is 42.5 Å². The predicted molar refractivity (Wildman–Crippen MR) is 146 cm³/mol. The first-order valence-electron chi connectivity index (χ1n) is 11.8. The fraction of sp³-hybridized carbons (Fsp3) is 0.207. The van der Waals surface area contributed by atoms with Crippen molar-refractivity contribution in [1.82, 2.24) is 4.98 Å². The number of nitrogens with zero attached hydrogens (tertiary/aromatic N) is 2. The average molecular weight is 531 g/mol. The normalized spacial score (nSPS) is 16.8. The number of aliphatic hydroxyl groups is 1. The molecule has 1 fully saturated rings. The molecule has 0 aliphatic carbocycles. The maximum Gasteiger partial charge on any atom is 0.301 e. The number of hydrogen-bond donors (Lipinski definition) is 1. The minimum absolute atomic E-state index is 0.0531. The van der Waals surface area contributed by atoms with Gasteiger partial charge in [-0.15, -0.1) is 0 Å². The molecular weight excluding hydrogens is 504 g/mol.